The molecule has 4 heteroatoms. The van der Waals surface area contributed by atoms with Crippen LogP contribution >= 0.6 is 0 Å². The monoisotopic (exact) mass is 221 g/mol. The molecule has 1 aromatic rings. The first-order chi connectivity index (χ1) is 7.67. The average molecular weight is 221 g/mol. The zero-order valence-corrected chi connectivity index (χ0v) is 8.97. The maximum Gasteiger partial charge on any atom is 0.224 e. The standard InChI is InChI=1S/C12H12FNO2/c1-3-7-9(13)6-10(16-2)8-4-5-11(15)14-12(7)8/h3,6H,1,4-5H2,2H3,(H,14,15). The molecule has 0 saturated carbocycles. The zero-order valence-electron chi connectivity index (χ0n) is 8.97. The van der Waals surface area contributed by atoms with Crippen LogP contribution in [0.25, 0.3) is 6.08 Å². The predicted octanol–water partition coefficient (Wildman–Crippen LogP) is 2.36. The first kappa shape index (κ1) is 10.7. The van der Waals surface area contributed by atoms with Gasteiger partial charge in [-0.3, -0.25) is 4.79 Å². The Morgan fingerprint density at radius 2 is 2.31 bits per heavy atom. The molecule has 0 unspecified atom stereocenters. The van der Waals surface area contributed by atoms with Gasteiger partial charge in [0.25, 0.3) is 0 Å². The molecule has 0 radical (unpaired) electrons. The van der Waals surface area contributed by atoms with Gasteiger partial charge in [0.05, 0.1) is 12.8 Å². The van der Waals surface area contributed by atoms with E-state index in [1.165, 1.54) is 19.3 Å². The molecule has 3 nitrogen and oxygen atoms in total. The molecule has 84 valence electrons. The second-order valence-corrected chi connectivity index (χ2v) is 3.58. The number of fused-ring (bicyclic) bond motifs is 1. The lowest BCUT2D eigenvalue weighted by atomic mass is 9.97. The summed E-state index contributed by atoms with van der Waals surface area (Å²) in [6.07, 6.45) is 2.36. The molecule has 1 aromatic carbocycles. The maximum absolute atomic E-state index is 13.6. The van der Waals surface area contributed by atoms with Crippen LogP contribution in [0.5, 0.6) is 5.75 Å². The Balaban J connectivity index is 2.67. The van der Waals surface area contributed by atoms with Crippen molar-refractivity contribution >= 4 is 17.7 Å². The molecule has 0 saturated heterocycles. The third-order valence-electron chi connectivity index (χ3n) is 2.67. The van der Waals surface area contributed by atoms with Gasteiger partial charge in [0, 0.05) is 23.6 Å². The number of carbonyl (C=O) groups excluding carboxylic acids is 1. The number of carbonyl (C=O) groups is 1. The summed E-state index contributed by atoms with van der Waals surface area (Å²) >= 11 is 0. The Hall–Kier alpha value is -1.84. The number of anilines is 1. The van der Waals surface area contributed by atoms with Crippen molar-refractivity contribution < 1.29 is 13.9 Å². The maximum atomic E-state index is 13.6. The summed E-state index contributed by atoms with van der Waals surface area (Å²) < 4.78 is 18.8. The lowest BCUT2D eigenvalue weighted by molar-refractivity contribution is -0.116. The zero-order chi connectivity index (χ0) is 11.7. The van der Waals surface area contributed by atoms with Gasteiger partial charge in [-0.1, -0.05) is 12.7 Å². The largest absolute Gasteiger partial charge is 0.496 e. The fourth-order valence-corrected chi connectivity index (χ4v) is 1.90. The number of nitrogens with one attached hydrogen (secondary N) is 1. The van der Waals surface area contributed by atoms with E-state index in [2.05, 4.69) is 11.9 Å². The van der Waals surface area contributed by atoms with Crippen molar-refractivity contribution in [2.75, 3.05) is 12.4 Å². The quantitative estimate of drug-likeness (QED) is 0.832. The summed E-state index contributed by atoms with van der Waals surface area (Å²) in [5.41, 5.74) is 1.64. The van der Waals surface area contributed by atoms with Crippen LogP contribution < -0.4 is 10.1 Å². The highest BCUT2D eigenvalue weighted by Crippen LogP contribution is 2.36. The van der Waals surface area contributed by atoms with Crippen molar-refractivity contribution in [3.8, 4) is 5.75 Å². The van der Waals surface area contributed by atoms with E-state index in [0.29, 0.717) is 29.8 Å². The lowest BCUT2D eigenvalue weighted by Crippen LogP contribution is -2.21. The van der Waals surface area contributed by atoms with Crippen molar-refractivity contribution in [3.63, 3.8) is 0 Å². The molecule has 1 heterocycles. The highest BCUT2D eigenvalue weighted by atomic mass is 19.1. The van der Waals surface area contributed by atoms with Gasteiger partial charge in [-0.05, 0) is 6.42 Å². The summed E-state index contributed by atoms with van der Waals surface area (Å²) in [6.45, 7) is 3.55. The van der Waals surface area contributed by atoms with E-state index >= 15 is 0 Å². The number of amides is 1. The van der Waals surface area contributed by atoms with Gasteiger partial charge in [0.2, 0.25) is 5.91 Å². The first-order valence-corrected chi connectivity index (χ1v) is 4.99. The summed E-state index contributed by atoms with van der Waals surface area (Å²) in [4.78, 5) is 11.3. The van der Waals surface area contributed by atoms with Crippen LogP contribution in [-0.2, 0) is 11.2 Å². The lowest BCUT2D eigenvalue weighted by Gasteiger charge is -2.21. The van der Waals surface area contributed by atoms with E-state index in [4.69, 9.17) is 4.74 Å². The average Bonchev–Trinajstić information content (AvgIpc) is 2.27. The second kappa shape index (κ2) is 3.96. The van der Waals surface area contributed by atoms with Gasteiger partial charge < -0.3 is 10.1 Å². The van der Waals surface area contributed by atoms with Crippen molar-refractivity contribution in [1.29, 1.82) is 0 Å². The van der Waals surface area contributed by atoms with Crippen LogP contribution in [0.15, 0.2) is 12.6 Å². The molecule has 1 aliphatic rings. The van der Waals surface area contributed by atoms with E-state index in [-0.39, 0.29) is 5.91 Å². The predicted molar refractivity (Wildman–Crippen MR) is 60.0 cm³/mol. The summed E-state index contributed by atoms with van der Waals surface area (Å²) in [5, 5.41) is 2.66. The van der Waals surface area contributed by atoms with Gasteiger partial charge in [-0.15, -0.1) is 0 Å². The number of benzene rings is 1. The Morgan fingerprint density at radius 1 is 1.56 bits per heavy atom. The second-order valence-electron chi connectivity index (χ2n) is 3.58. The van der Waals surface area contributed by atoms with Gasteiger partial charge in [0.15, 0.2) is 0 Å². The van der Waals surface area contributed by atoms with Crippen molar-refractivity contribution in [1.82, 2.24) is 0 Å². The molecular formula is C12H12FNO2. The Bertz CT molecular complexity index is 469. The highest BCUT2D eigenvalue weighted by Gasteiger charge is 2.23. The topological polar surface area (TPSA) is 38.3 Å². The van der Waals surface area contributed by atoms with Crippen molar-refractivity contribution in [2.24, 2.45) is 0 Å². The van der Waals surface area contributed by atoms with Gasteiger partial charge in [0.1, 0.15) is 11.6 Å². The molecule has 1 amide bonds. The Labute approximate surface area is 92.9 Å². The fraction of sp³-hybridized carbons (Fsp3) is 0.250. The number of ether oxygens (including phenoxy) is 1. The molecule has 2 rings (SSSR count). The molecule has 0 fully saturated rings. The smallest absolute Gasteiger partial charge is 0.224 e. The van der Waals surface area contributed by atoms with Crippen LogP contribution in [-0.4, -0.2) is 13.0 Å². The molecule has 0 spiro atoms. The van der Waals surface area contributed by atoms with Gasteiger partial charge in [-0.25, -0.2) is 4.39 Å². The van der Waals surface area contributed by atoms with Crippen LogP contribution in [0.4, 0.5) is 10.1 Å². The molecule has 1 aliphatic heterocycles. The minimum Gasteiger partial charge on any atom is -0.496 e. The molecule has 0 aromatic heterocycles. The number of rotatable bonds is 2. The van der Waals surface area contributed by atoms with E-state index in [0.717, 1.165) is 5.56 Å². The fourth-order valence-electron chi connectivity index (χ4n) is 1.90. The van der Waals surface area contributed by atoms with E-state index < -0.39 is 5.82 Å². The SMILES string of the molecule is C=Cc1c(F)cc(OC)c2c1NC(=O)CC2. The number of methoxy groups -OCH3 is 1. The van der Waals surface area contributed by atoms with Gasteiger partial charge in [-0.2, -0.15) is 0 Å². The number of hydrogen-bond donors (Lipinski definition) is 1. The molecule has 0 bridgehead atoms. The molecule has 0 atom stereocenters. The van der Waals surface area contributed by atoms with Crippen LogP contribution in [0.1, 0.15) is 17.5 Å². The summed E-state index contributed by atoms with van der Waals surface area (Å²) in [7, 11) is 1.49. The van der Waals surface area contributed by atoms with Crippen LogP contribution in [0, 0.1) is 5.82 Å². The molecule has 16 heavy (non-hydrogen) atoms. The molecule has 0 aliphatic carbocycles. The van der Waals surface area contributed by atoms with Crippen LogP contribution in [0.2, 0.25) is 0 Å². The number of halogens is 1. The Morgan fingerprint density at radius 3 is 2.94 bits per heavy atom. The van der Waals surface area contributed by atoms with Crippen molar-refractivity contribution in [3.05, 3.63) is 29.6 Å². The first-order valence-electron chi connectivity index (χ1n) is 4.99. The van der Waals surface area contributed by atoms with E-state index in [1.807, 2.05) is 0 Å². The third-order valence-corrected chi connectivity index (χ3v) is 2.67. The Kier molecular flexibility index (Phi) is 2.64. The van der Waals surface area contributed by atoms with E-state index in [9.17, 15) is 9.18 Å². The van der Waals surface area contributed by atoms with Crippen LogP contribution in [0.3, 0.4) is 0 Å². The normalized spacial score (nSPS) is 14.0. The van der Waals surface area contributed by atoms with Crippen molar-refractivity contribution in [2.45, 2.75) is 12.8 Å². The number of hydrogen-bond acceptors (Lipinski definition) is 2. The minimum absolute atomic E-state index is 0.108. The van der Waals surface area contributed by atoms with E-state index in [1.54, 1.807) is 0 Å². The van der Waals surface area contributed by atoms with Gasteiger partial charge >= 0.3 is 0 Å². The summed E-state index contributed by atoms with van der Waals surface area (Å²) in [6, 6.07) is 1.33. The highest BCUT2D eigenvalue weighted by molar-refractivity contribution is 5.97. The molecule has 1 N–H and O–H groups in total. The summed E-state index contributed by atoms with van der Waals surface area (Å²) in [5.74, 6) is -0.0749. The molecular weight excluding hydrogens is 209 g/mol. The third kappa shape index (κ3) is 1.56. The minimum atomic E-state index is -0.437.